The second kappa shape index (κ2) is 10.9. The number of morpholine rings is 1. The second-order valence-corrected chi connectivity index (χ2v) is 8.17. The molecule has 5 rings (SSSR count). The maximum Gasteiger partial charge on any atom is 0.270 e. The van der Waals surface area contributed by atoms with Gasteiger partial charge >= 0.3 is 0 Å². The SMILES string of the molecule is Cc1cnc(-c2cccc(Nc3ccc(CN=Nc4ncc(F)c(N5CCOCC5)n4)nc3)c2)nc1. The van der Waals surface area contributed by atoms with Gasteiger partial charge in [0.15, 0.2) is 17.5 Å². The third kappa shape index (κ3) is 5.81. The van der Waals surface area contributed by atoms with Crippen molar-refractivity contribution in [2.24, 2.45) is 10.2 Å². The van der Waals surface area contributed by atoms with Crippen LogP contribution in [0, 0.1) is 12.7 Å². The van der Waals surface area contributed by atoms with E-state index in [1.54, 1.807) is 18.6 Å². The van der Waals surface area contributed by atoms with Crippen molar-refractivity contribution >= 4 is 23.1 Å². The molecule has 1 aliphatic heterocycles. The lowest BCUT2D eigenvalue weighted by molar-refractivity contribution is 0.122. The molecule has 4 heterocycles. The van der Waals surface area contributed by atoms with Crippen molar-refractivity contribution < 1.29 is 9.13 Å². The number of anilines is 3. The molecule has 1 aromatic carbocycles. The first kappa shape index (κ1) is 23.4. The summed E-state index contributed by atoms with van der Waals surface area (Å²) in [7, 11) is 0. The lowest BCUT2D eigenvalue weighted by atomic mass is 10.2. The van der Waals surface area contributed by atoms with Crippen LogP contribution in [0.1, 0.15) is 11.3 Å². The molecule has 4 aromatic rings. The molecule has 0 aliphatic carbocycles. The van der Waals surface area contributed by atoms with Crippen molar-refractivity contribution in [2.45, 2.75) is 13.5 Å². The number of benzene rings is 1. The summed E-state index contributed by atoms with van der Waals surface area (Å²) in [5, 5.41) is 11.5. The Morgan fingerprint density at radius 2 is 1.81 bits per heavy atom. The van der Waals surface area contributed by atoms with Crippen LogP contribution in [-0.4, -0.2) is 51.2 Å². The number of aromatic nitrogens is 5. The Bertz CT molecular complexity index is 1340. The standard InChI is InChI=1S/C25H24FN9O/c1-17-12-28-23(29-13-17)18-3-2-4-19(11-18)32-21-6-5-20(27-14-21)15-31-34-25-30-16-22(26)24(33-25)35-7-9-36-10-8-35/h2-6,11-14,16,32H,7-10,15H2,1H3. The molecule has 1 saturated heterocycles. The Labute approximate surface area is 207 Å². The molecule has 0 atom stereocenters. The van der Waals surface area contributed by atoms with Gasteiger partial charge in [-0.3, -0.25) is 4.98 Å². The number of rotatable bonds is 7. The molecular formula is C25H24FN9O. The summed E-state index contributed by atoms with van der Waals surface area (Å²) >= 11 is 0. The summed E-state index contributed by atoms with van der Waals surface area (Å²) in [5.74, 6) is 0.505. The normalized spacial score (nSPS) is 13.8. The van der Waals surface area contributed by atoms with Gasteiger partial charge in [-0.25, -0.2) is 19.3 Å². The number of nitrogens with zero attached hydrogens (tertiary/aromatic N) is 8. The van der Waals surface area contributed by atoms with Gasteiger partial charge in [-0.15, -0.1) is 5.11 Å². The van der Waals surface area contributed by atoms with Crippen molar-refractivity contribution in [3.8, 4) is 11.4 Å². The fourth-order valence-corrected chi connectivity index (χ4v) is 3.60. The molecular weight excluding hydrogens is 461 g/mol. The van der Waals surface area contributed by atoms with Crippen molar-refractivity contribution in [2.75, 3.05) is 36.5 Å². The zero-order valence-electron chi connectivity index (χ0n) is 19.7. The average Bonchev–Trinajstić information content (AvgIpc) is 2.92. The van der Waals surface area contributed by atoms with Crippen LogP contribution in [0.3, 0.4) is 0 Å². The number of ether oxygens (including phenoxy) is 1. The molecule has 3 aromatic heterocycles. The van der Waals surface area contributed by atoms with E-state index in [1.807, 2.05) is 48.2 Å². The van der Waals surface area contributed by atoms with Crippen LogP contribution >= 0.6 is 0 Å². The third-order valence-corrected chi connectivity index (χ3v) is 5.43. The number of pyridine rings is 1. The fourth-order valence-electron chi connectivity index (χ4n) is 3.60. The highest BCUT2D eigenvalue weighted by Crippen LogP contribution is 2.23. The lowest BCUT2D eigenvalue weighted by Crippen LogP contribution is -2.37. The predicted octanol–water partition coefficient (Wildman–Crippen LogP) is 4.64. The zero-order chi connectivity index (χ0) is 24.7. The van der Waals surface area contributed by atoms with E-state index in [4.69, 9.17) is 4.74 Å². The van der Waals surface area contributed by atoms with Gasteiger partial charge in [0.25, 0.3) is 5.95 Å². The number of hydrogen-bond donors (Lipinski definition) is 1. The summed E-state index contributed by atoms with van der Waals surface area (Å²) < 4.78 is 19.5. The smallest absolute Gasteiger partial charge is 0.270 e. The highest BCUT2D eigenvalue weighted by molar-refractivity contribution is 5.66. The molecule has 0 spiro atoms. The van der Waals surface area contributed by atoms with Gasteiger partial charge in [-0.05, 0) is 36.8 Å². The van der Waals surface area contributed by atoms with Gasteiger partial charge in [0, 0.05) is 36.7 Å². The molecule has 11 heteroatoms. The van der Waals surface area contributed by atoms with Crippen LogP contribution in [0.25, 0.3) is 11.4 Å². The molecule has 0 radical (unpaired) electrons. The lowest BCUT2D eigenvalue weighted by Gasteiger charge is -2.27. The first-order valence-corrected chi connectivity index (χ1v) is 11.5. The zero-order valence-corrected chi connectivity index (χ0v) is 19.7. The van der Waals surface area contributed by atoms with E-state index in [-0.39, 0.29) is 18.3 Å². The molecule has 36 heavy (non-hydrogen) atoms. The van der Waals surface area contributed by atoms with E-state index in [2.05, 4.69) is 40.5 Å². The molecule has 1 fully saturated rings. The largest absolute Gasteiger partial charge is 0.378 e. The Morgan fingerprint density at radius 3 is 2.58 bits per heavy atom. The van der Waals surface area contributed by atoms with Crippen molar-refractivity contribution in [1.82, 2.24) is 24.9 Å². The van der Waals surface area contributed by atoms with E-state index in [0.717, 1.165) is 34.4 Å². The number of azo groups is 1. The fraction of sp³-hybridized carbons (Fsp3) is 0.240. The summed E-state index contributed by atoms with van der Waals surface area (Å²) in [5.41, 5.74) is 4.39. The van der Waals surface area contributed by atoms with Crippen LogP contribution in [-0.2, 0) is 11.3 Å². The van der Waals surface area contributed by atoms with Gasteiger partial charge in [-0.2, -0.15) is 10.1 Å². The minimum Gasteiger partial charge on any atom is -0.378 e. The topological polar surface area (TPSA) is 114 Å². The van der Waals surface area contributed by atoms with Crippen LogP contribution in [0.4, 0.5) is 27.5 Å². The van der Waals surface area contributed by atoms with E-state index < -0.39 is 5.82 Å². The minimum absolute atomic E-state index is 0.105. The molecule has 10 nitrogen and oxygen atoms in total. The molecule has 0 amide bonds. The predicted molar refractivity (Wildman–Crippen MR) is 133 cm³/mol. The van der Waals surface area contributed by atoms with E-state index in [0.29, 0.717) is 32.1 Å². The van der Waals surface area contributed by atoms with E-state index in [1.165, 1.54) is 0 Å². The number of aryl methyl sites for hydroxylation is 1. The van der Waals surface area contributed by atoms with Crippen LogP contribution in [0.5, 0.6) is 0 Å². The summed E-state index contributed by atoms with van der Waals surface area (Å²) in [4.78, 5) is 23.1. The van der Waals surface area contributed by atoms with Crippen molar-refractivity contribution in [1.29, 1.82) is 0 Å². The maximum absolute atomic E-state index is 14.2. The Kier molecular flexibility index (Phi) is 7.08. The Balaban J connectivity index is 1.20. The van der Waals surface area contributed by atoms with Gasteiger partial charge in [0.05, 0.1) is 37.0 Å². The highest BCUT2D eigenvalue weighted by Gasteiger charge is 2.17. The Morgan fingerprint density at radius 1 is 0.972 bits per heavy atom. The second-order valence-electron chi connectivity index (χ2n) is 8.17. The number of halogens is 1. The molecule has 0 saturated carbocycles. The van der Waals surface area contributed by atoms with Crippen molar-refractivity contribution in [3.63, 3.8) is 0 Å². The molecule has 0 bridgehead atoms. The van der Waals surface area contributed by atoms with Crippen LogP contribution in [0.2, 0.25) is 0 Å². The van der Waals surface area contributed by atoms with E-state index in [9.17, 15) is 4.39 Å². The molecule has 0 unspecified atom stereocenters. The first-order chi connectivity index (χ1) is 17.6. The Hall–Kier alpha value is -4.38. The molecule has 1 N–H and O–H groups in total. The van der Waals surface area contributed by atoms with Crippen molar-refractivity contribution in [3.05, 3.63) is 78.3 Å². The summed E-state index contributed by atoms with van der Waals surface area (Å²) in [6.45, 7) is 4.40. The minimum atomic E-state index is -0.488. The number of hydrogen-bond acceptors (Lipinski definition) is 10. The highest BCUT2D eigenvalue weighted by atomic mass is 19.1. The van der Waals surface area contributed by atoms with Crippen LogP contribution < -0.4 is 10.2 Å². The van der Waals surface area contributed by atoms with Gasteiger partial charge < -0.3 is 15.0 Å². The maximum atomic E-state index is 14.2. The average molecular weight is 486 g/mol. The van der Waals surface area contributed by atoms with Gasteiger partial charge in [0.1, 0.15) is 6.54 Å². The molecule has 1 aliphatic rings. The third-order valence-electron chi connectivity index (χ3n) is 5.43. The first-order valence-electron chi connectivity index (χ1n) is 11.5. The summed E-state index contributed by atoms with van der Waals surface area (Å²) in [6, 6.07) is 11.6. The van der Waals surface area contributed by atoms with Gasteiger partial charge in [0.2, 0.25) is 0 Å². The van der Waals surface area contributed by atoms with E-state index >= 15 is 0 Å². The van der Waals surface area contributed by atoms with Gasteiger partial charge in [-0.1, -0.05) is 12.1 Å². The quantitative estimate of drug-likeness (QED) is 0.377. The number of nitrogens with one attached hydrogen (secondary N) is 1. The van der Waals surface area contributed by atoms with Crippen LogP contribution in [0.15, 0.2) is 71.4 Å². The summed E-state index contributed by atoms with van der Waals surface area (Å²) in [6.07, 6.45) is 6.44. The monoisotopic (exact) mass is 485 g/mol. The molecule has 182 valence electrons.